The Hall–Kier alpha value is -4.34. The Morgan fingerprint density at radius 3 is 2.27 bits per heavy atom. The van der Waals surface area contributed by atoms with Gasteiger partial charge in [-0.2, -0.15) is 5.21 Å². The first-order valence-corrected chi connectivity index (χ1v) is 12.8. The van der Waals surface area contributed by atoms with E-state index in [1.54, 1.807) is 24.2 Å². The van der Waals surface area contributed by atoms with E-state index in [0.717, 1.165) is 38.7 Å². The first-order valence-electron chi connectivity index (χ1n) is 11.4. The topological polar surface area (TPSA) is 98.1 Å². The molecule has 3 aromatic heterocycles. The van der Waals surface area contributed by atoms with Crippen molar-refractivity contribution in [2.24, 2.45) is 0 Å². The largest absolute Gasteiger partial charge is 0.268 e. The van der Waals surface area contributed by atoms with Gasteiger partial charge in [0.2, 0.25) is 5.82 Å². The van der Waals surface area contributed by atoms with Crippen molar-refractivity contribution in [3.63, 3.8) is 0 Å². The summed E-state index contributed by atoms with van der Waals surface area (Å²) in [4.78, 5) is 4.12. The van der Waals surface area contributed by atoms with Gasteiger partial charge in [0, 0.05) is 29.3 Å². The lowest BCUT2D eigenvalue weighted by Gasteiger charge is -2.12. The van der Waals surface area contributed by atoms with Crippen molar-refractivity contribution in [2.75, 3.05) is 0 Å². The zero-order valence-electron chi connectivity index (χ0n) is 19.4. The van der Waals surface area contributed by atoms with E-state index in [1.807, 2.05) is 59.2 Å². The van der Waals surface area contributed by atoms with E-state index < -0.39 is 0 Å². The van der Waals surface area contributed by atoms with E-state index in [4.69, 9.17) is 11.6 Å². The van der Waals surface area contributed by atoms with Crippen LogP contribution in [0.15, 0.2) is 102 Å². The maximum Gasteiger partial charge on any atom is 0.205 e. The molecule has 0 atom stereocenters. The molecule has 0 saturated heterocycles. The van der Waals surface area contributed by atoms with Crippen LogP contribution in [0.2, 0.25) is 5.02 Å². The van der Waals surface area contributed by atoms with Gasteiger partial charge in [-0.1, -0.05) is 84.0 Å². The van der Waals surface area contributed by atoms with Crippen LogP contribution in [-0.4, -0.2) is 40.4 Å². The molecule has 0 aliphatic rings. The summed E-state index contributed by atoms with van der Waals surface area (Å²) in [5, 5.41) is 24.9. The number of aromatic nitrogens is 8. The Morgan fingerprint density at radius 1 is 0.757 bits per heavy atom. The molecular formula is C27H19ClN8S. The molecule has 3 heterocycles. The number of nitrogens with zero attached hydrogens (tertiary/aromatic N) is 7. The summed E-state index contributed by atoms with van der Waals surface area (Å²) in [5.74, 6) is 2.00. The van der Waals surface area contributed by atoms with Crippen LogP contribution in [0.5, 0.6) is 0 Å². The number of aromatic amines is 1. The molecule has 0 fully saturated rings. The molecule has 0 radical (unpaired) electrons. The first kappa shape index (κ1) is 23.1. The summed E-state index contributed by atoms with van der Waals surface area (Å²) in [5.41, 5.74) is 5.95. The standard InChI is InChI=1S/C27H19ClN8S/c28-23-7-3-4-8-24(23)36-26(20-13-15-29-16-14-20)32-33-27(36)37-17-18-9-11-19(12-10-18)21-5-1-2-6-22(21)25-30-34-35-31-25/h1-16H,17H2,(H,30,31,34,35). The second kappa shape index (κ2) is 10.3. The number of nitrogens with one attached hydrogen (secondary N) is 1. The fourth-order valence-corrected chi connectivity index (χ4v) is 5.16. The third-order valence-corrected chi connectivity index (χ3v) is 7.13. The number of hydrogen-bond acceptors (Lipinski definition) is 7. The van der Waals surface area contributed by atoms with Crippen LogP contribution in [-0.2, 0) is 5.75 Å². The molecule has 6 rings (SSSR count). The maximum atomic E-state index is 6.58. The fourth-order valence-electron chi connectivity index (χ4n) is 4.04. The van der Waals surface area contributed by atoms with Crippen LogP contribution in [0.4, 0.5) is 0 Å². The molecule has 10 heteroatoms. The second-order valence-electron chi connectivity index (χ2n) is 8.10. The monoisotopic (exact) mass is 522 g/mol. The van der Waals surface area contributed by atoms with E-state index in [2.05, 4.69) is 66.1 Å². The van der Waals surface area contributed by atoms with Gasteiger partial charge in [0.05, 0.1) is 10.7 Å². The number of hydrogen-bond donors (Lipinski definition) is 1. The number of para-hydroxylation sites is 1. The highest BCUT2D eigenvalue weighted by molar-refractivity contribution is 7.98. The zero-order valence-corrected chi connectivity index (χ0v) is 20.9. The highest BCUT2D eigenvalue weighted by Crippen LogP contribution is 2.34. The van der Waals surface area contributed by atoms with Crippen LogP contribution in [0.1, 0.15) is 5.56 Å². The Morgan fingerprint density at radius 2 is 1.51 bits per heavy atom. The van der Waals surface area contributed by atoms with Crippen LogP contribution in [0.3, 0.4) is 0 Å². The lowest BCUT2D eigenvalue weighted by atomic mass is 9.98. The van der Waals surface area contributed by atoms with Gasteiger partial charge in [-0.05, 0) is 46.2 Å². The summed E-state index contributed by atoms with van der Waals surface area (Å²) >= 11 is 8.18. The van der Waals surface area contributed by atoms with Gasteiger partial charge in [-0.15, -0.1) is 20.4 Å². The Balaban J connectivity index is 1.28. The van der Waals surface area contributed by atoms with Crippen molar-refractivity contribution in [2.45, 2.75) is 10.9 Å². The minimum Gasteiger partial charge on any atom is -0.268 e. The molecule has 0 unspecified atom stereocenters. The molecule has 0 aliphatic heterocycles. The molecule has 6 aromatic rings. The third kappa shape index (κ3) is 4.74. The van der Waals surface area contributed by atoms with Crippen LogP contribution in [0.25, 0.3) is 39.6 Å². The predicted octanol–water partition coefficient (Wildman–Crippen LogP) is 6.12. The molecule has 1 N–H and O–H groups in total. The lowest BCUT2D eigenvalue weighted by molar-refractivity contribution is 0.881. The van der Waals surface area contributed by atoms with E-state index in [-0.39, 0.29) is 0 Å². The van der Waals surface area contributed by atoms with Crippen LogP contribution in [0, 0.1) is 0 Å². The molecule has 0 amide bonds. The number of rotatable bonds is 7. The first-order chi connectivity index (χ1) is 18.3. The predicted molar refractivity (Wildman–Crippen MR) is 144 cm³/mol. The number of pyridine rings is 1. The van der Waals surface area contributed by atoms with E-state index in [9.17, 15) is 0 Å². The second-order valence-corrected chi connectivity index (χ2v) is 9.45. The Kier molecular flexibility index (Phi) is 6.45. The molecule has 0 bridgehead atoms. The van der Waals surface area contributed by atoms with Crippen LogP contribution >= 0.6 is 23.4 Å². The molecule has 8 nitrogen and oxygen atoms in total. The highest BCUT2D eigenvalue weighted by Gasteiger charge is 2.18. The number of tetrazole rings is 1. The van der Waals surface area contributed by atoms with Crippen molar-refractivity contribution >= 4 is 23.4 Å². The Labute approximate surface area is 221 Å². The minimum atomic E-state index is 0.569. The third-order valence-electron chi connectivity index (χ3n) is 5.81. The van der Waals surface area contributed by atoms with Crippen molar-refractivity contribution < 1.29 is 0 Å². The number of benzene rings is 3. The quantitative estimate of drug-likeness (QED) is 0.252. The number of halogens is 1. The molecule has 0 aliphatic carbocycles. The molecule has 180 valence electrons. The van der Waals surface area contributed by atoms with Gasteiger partial charge in [-0.25, -0.2) is 0 Å². The van der Waals surface area contributed by atoms with Gasteiger partial charge in [-0.3, -0.25) is 9.55 Å². The van der Waals surface area contributed by atoms with E-state index in [1.165, 1.54) is 0 Å². The lowest BCUT2D eigenvalue weighted by Crippen LogP contribution is -2.00. The molecule has 37 heavy (non-hydrogen) atoms. The summed E-state index contributed by atoms with van der Waals surface area (Å²) in [6.45, 7) is 0. The summed E-state index contributed by atoms with van der Waals surface area (Å²) in [6, 6.07) is 28.0. The minimum absolute atomic E-state index is 0.569. The van der Waals surface area contributed by atoms with Crippen molar-refractivity contribution in [3.05, 3.63) is 108 Å². The van der Waals surface area contributed by atoms with Gasteiger partial charge < -0.3 is 0 Å². The van der Waals surface area contributed by atoms with Gasteiger partial charge >= 0.3 is 0 Å². The summed E-state index contributed by atoms with van der Waals surface area (Å²) in [7, 11) is 0. The van der Waals surface area contributed by atoms with Gasteiger partial charge in [0.1, 0.15) is 0 Å². The zero-order chi connectivity index (χ0) is 25.0. The van der Waals surface area contributed by atoms with Crippen molar-refractivity contribution in [1.29, 1.82) is 0 Å². The highest BCUT2D eigenvalue weighted by atomic mass is 35.5. The van der Waals surface area contributed by atoms with Crippen molar-refractivity contribution in [1.82, 2.24) is 40.4 Å². The SMILES string of the molecule is Clc1ccccc1-n1c(SCc2ccc(-c3ccccc3-c3nn[nH]n3)cc2)nnc1-c1ccncc1. The molecular weight excluding hydrogens is 504 g/mol. The smallest absolute Gasteiger partial charge is 0.205 e. The normalized spacial score (nSPS) is 11.1. The molecule has 0 spiro atoms. The summed E-state index contributed by atoms with van der Waals surface area (Å²) in [6.07, 6.45) is 3.48. The van der Waals surface area contributed by atoms with Crippen LogP contribution < -0.4 is 0 Å². The number of thioether (sulfide) groups is 1. The summed E-state index contributed by atoms with van der Waals surface area (Å²) < 4.78 is 2.00. The maximum absolute atomic E-state index is 6.58. The fraction of sp³-hybridized carbons (Fsp3) is 0.0370. The van der Waals surface area contributed by atoms with Gasteiger partial charge in [0.15, 0.2) is 11.0 Å². The molecule has 0 saturated carbocycles. The number of H-pyrrole nitrogens is 1. The Bertz CT molecular complexity index is 1630. The van der Waals surface area contributed by atoms with Gasteiger partial charge in [0.25, 0.3) is 0 Å². The average Bonchev–Trinajstić information content (AvgIpc) is 3.64. The van der Waals surface area contributed by atoms with E-state index in [0.29, 0.717) is 22.4 Å². The average molecular weight is 523 g/mol. The van der Waals surface area contributed by atoms with Crippen molar-refractivity contribution in [3.8, 4) is 39.6 Å². The van der Waals surface area contributed by atoms with E-state index >= 15 is 0 Å². The molecule has 3 aromatic carbocycles.